The fraction of sp³-hybridized carbons (Fsp3) is 0.333. The average molecular weight is 230 g/mol. The van der Waals surface area contributed by atoms with Crippen molar-refractivity contribution in [1.82, 2.24) is 0 Å². The summed E-state index contributed by atoms with van der Waals surface area (Å²) in [4.78, 5) is 0. The van der Waals surface area contributed by atoms with E-state index in [1.54, 1.807) is 0 Å². The largest absolute Gasteiger partial charge is 0.698 e. The van der Waals surface area contributed by atoms with Gasteiger partial charge in [-0.15, -0.1) is 9.05 Å². The van der Waals surface area contributed by atoms with Crippen molar-refractivity contribution in [2.45, 2.75) is 0 Å². The summed E-state index contributed by atoms with van der Waals surface area (Å²) in [6.07, 6.45) is 3.02. The second-order valence-corrected chi connectivity index (χ2v) is 3.01. The Kier molecular flexibility index (Phi) is 9.23. The highest BCUT2D eigenvalue weighted by molar-refractivity contribution is 7.33. The molecule has 0 heterocycles. The van der Waals surface area contributed by atoms with Gasteiger partial charge in [-0.05, 0) is 12.2 Å². The fourth-order valence-corrected chi connectivity index (χ4v) is 0.953. The summed E-state index contributed by atoms with van der Waals surface area (Å²) in [5, 5.41) is 0. The summed E-state index contributed by atoms with van der Waals surface area (Å²) in [6, 6.07) is 0. The predicted octanol–water partition coefficient (Wildman–Crippen LogP) is 3.18. The zero-order valence-electron chi connectivity index (χ0n) is 6.15. The molecule has 6 heteroatoms. The van der Waals surface area contributed by atoms with E-state index in [-0.39, 0.29) is 13.2 Å². The average Bonchev–Trinajstić information content (AvgIpc) is 2.06. The molecule has 0 atom stereocenters. The van der Waals surface area contributed by atoms with Crippen LogP contribution in [0.1, 0.15) is 0 Å². The van der Waals surface area contributed by atoms with Crippen molar-refractivity contribution in [3.63, 3.8) is 0 Å². The van der Waals surface area contributed by atoms with Crippen molar-refractivity contribution >= 4 is 31.5 Å². The first-order chi connectivity index (χ1) is 5.81. The molecule has 12 heavy (non-hydrogen) atoms. The van der Waals surface area contributed by atoms with Crippen LogP contribution in [0.3, 0.4) is 0 Å². The maximum atomic E-state index is 10.7. The summed E-state index contributed by atoms with van der Waals surface area (Å²) in [7, 11) is -2.07. The summed E-state index contributed by atoms with van der Waals surface area (Å²) < 4.78 is 20.1. The topological polar surface area (TPSA) is 35.5 Å². The van der Waals surface area contributed by atoms with Crippen molar-refractivity contribution < 1.29 is 13.6 Å². The van der Waals surface area contributed by atoms with Gasteiger partial charge in [-0.1, -0.05) is 23.2 Å². The van der Waals surface area contributed by atoms with Crippen LogP contribution in [0.5, 0.6) is 0 Å². The van der Waals surface area contributed by atoms with E-state index in [9.17, 15) is 4.57 Å². The van der Waals surface area contributed by atoms with Crippen LogP contribution in [0, 0.1) is 0 Å². The van der Waals surface area contributed by atoms with E-state index in [1.807, 2.05) is 0 Å². The molecule has 0 aromatic carbocycles. The quantitative estimate of drug-likeness (QED) is 0.657. The molecular formula is C6H8Cl2O3P+. The van der Waals surface area contributed by atoms with Gasteiger partial charge in [0.25, 0.3) is 0 Å². The van der Waals surface area contributed by atoms with Crippen LogP contribution in [0.15, 0.2) is 23.2 Å². The van der Waals surface area contributed by atoms with E-state index < -0.39 is 8.25 Å². The molecular weight excluding hydrogens is 222 g/mol. The van der Waals surface area contributed by atoms with Crippen LogP contribution in [-0.4, -0.2) is 13.2 Å². The second-order valence-electron chi connectivity index (χ2n) is 1.54. The molecule has 0 aromatic rings. The van der Waals surface area contributed by atoms with E-state index in [2.05, 4.69) is 9.05 Å². The minimum absolute atomic E-state index is 0.170. The number of rotatable bonds is 6. The van der Waals surface area contributed by atoms with Gasteiger partial charge in [0.1, 0.15) is 13.2 Å². The third-order valence-electron chi connectivity index (χ3n) is 0.731. The number of halogens is 2. The van der Waals surface area contributed by atoms with Crippen LogP contribution in [-0.2, 0) is 13.6 Å². The molecule has 3 nitrogen and oxygen atoms in total. The fourth-order valence-electron chi connectivity index (χ4n) is 0.318. The Balaban J connectivity index is 3.33. The Morgan fingerprint density at radius 3 is 1.83 bits per heavy atom. The molecule has 0 saturated carbocycles. The maximum absolute atomic E-state index is 10.7. The van der Waals surface area contributed by atoms with E-state index in [4.69, 9.17) is 23.2 Å². The molecule has 0 radical (unpaired) electrons. The summed E-state index contributed by atoms with van der Waals surface area (Å²) in [6.45, 7) is 0.340. The van der Waals surface area contributed by atoms with Gasteiger partial charge in [-0.25, -0.2) is 0 Å². The normalized spacial score (nSPS) is 11.5. The first kappa shape index (κ1) is 12.1. The van der Waals surface area contributed by atoms with Crippen molar-refractivity contribution in [3.05, 3.63) is 23.2 Å². The zero-order valence-corrected chi connectivity index (χ0v) is 8.56. The third-order valence-corrected chi connectivity index (χ3v) is 1.81. The highest BCUT2D eigenvalue weighted by atomic mass is 35.5. The van der Waals surface area contributed by atoms with E-state index in [1.165, 1.54) is 23.2 Å². The molecule has 0 N–H and O–H groups in total. The van der Waals surface area contributed by atoms with Crippen LogP contribution in [0.2, 0.25) is 0 Å². The van der Waals surface area contributed by atoms with Gasteiger partial charge < -0.3 is 0 Å². The van der Waals surface area contributed by atoms with Crippen molar-refractivity contribution in [3.8, 4) is 0 Å². The standard InChI is InChI=1S/C6H8Cl2O3P/c7-3-1-5-10-12(9)11-6-2-4-8/h1-4H,5-6H2/q+1/b3-1+,4-2+. The molecule has 0 rings (SSSR count). The van der Waals surface area contributed by atoms with Gasteiger partial charge in [0.2, 0.25) is 0 Å². The molecule has 0 spiro atoms. The number of hydrogen-bond acceptors (Lipinski definition) is 3. The molecule has 0 aliphatic heterocycles. The SMILES string of the molecule is O=[P+](OC/C=C/Cl)OC/C=C/Cl. The van der Waals surface area contributed by atoms with Gasteiger partial charge >= 0.3 is 8.25 Å². The summed E-state index contributed by atoms with van der Waals surface area (Å²) in [5.74, 6) is 0. The lowest BCUT2D eigenvalue weighted by molar-refractivity contribution is 0.261. The van der Waals surface area contributed by atoms with Gasteiger partial charge in [0.05, 0.1) is 0 Å². The lowest BCUT2D eigenvalue weighted by atomic mass is 10.7. The Hall–Kier alpha value is 0.0800. The molecule has 0 aromatic heterocycles. The molecule has 0 aliphatic rings. The predicted molar refractivity (Wildman–Crippen MR) is 49.5 cm³/mol. The van der Waals surface area contributed by atoms with Crippen LogP contribution in [0.25, 0.3) is 0 Å². The first-order valence-electron chi connectivity index (χ1n) is 3.04. The van der Waals surface area contributed by atoms with Crippen molar-refractivity contribution in [2.75, 3.05) is 13.2 Å². The van der Waals surface area contributed by atoms with Crippen LogP contribution in [0.4, 0.5) is 0 Å². The van der Waals surface area contributed by atoms with E-state index >= 15 is 0 Å². The van der Waals surface area contributed by atoms with Gasteiger partial charge in [0.15, 0.2) is 0 Å². The lowest BCUT2D eigenvalue weighted by Crippen LogP contribution is -1.85. The molecule has 0 aliphatic carbocycles. The highest BCUT2D eigenvalue weighted by Crippen LogP contribution is 2.22. The van der Waals surface area contributed by atoms with Crippen LogP contribution < -0.4 is 0 Å². The third kappa shape index (κ3) is 8.18. The Morgan fingerprint density at radius 1 is 1.08 bits per heavy atom. The minimum Gasteiger partial charge on any atom is -0.115 e. The van der Waals surface area contributed by atoms with Crippen LogP contribution >= 0.6 is 31.5 Å². The summed E-state index contributed by atoms with van der Waals surface area (Å²) >= 11 is 10.4. The smallest absolute Gasteiger partial charge is 0.115 e. The monoisotopic (exact) mass is 229 g/mol. The Labute approximate surface area is 81.9 Å². The highest BCUT2D eigenvalue weighted by Gasteiger charge is 2.17. The molecule has 68 valence electrons. The molecule has 0 amide bonds. The maximum Gasteiger partial charge on any atom is 0.698 e. The molecule has 0 saturated heterocycles. The number of hydrogen-bond donors (Lipinski definition) is 0. The van der Waals surface area contributed by atoms with Crippen molar-refractivity contribution in [1.29, 1.82) is 0 Å². The summed E-state index contributed by atoms with van der Waals surface area (Å²) in [5.41, 5.74) is 2.56. The van der Waals surface area contributed by atoms with Gasteiger partial charge in [-0.2, -0.15) is 0 Å². The van der Waals surface area contributed by atoms with E-state index in [0.717, 1.165) is 0 Å². The first-order valence-corrected chi connectivity index (χ1v) is 5.01. The van der Waals surface area contributed by atoms with Gasteiger partial charge in [0, 0.05) is 15.6 Å². The van der Waals surface area contributed by atoms with Crippen molar-refractivity contribution in [2.24, 2.45) is 0 Å². The molecule has 0 fully saturated rings. The second kappa shape index (κ2) is 9.17. The van der Waals surface area contributed by atoms with E-state index in [0.29, 0.717) is 0 Å². The minimum atomic E-state index is -2.07. The zero-order chi connectivity index (χ0) is 9.23. The molecule has 0 bridgehead atoms. The Morgan fingerprint density at radius 2 is 1.50 bits per heavy atom. The molecule has 0 unspecified atom stereocenters. The Bertz CT molecular complexity index is 164. The van der Waals surface area contributed by atoms with Gasteiger partial charge in [-0.3, -0.25) is 0 Å². The lowest BCUT2D eigenvalue weighted by Gasteiger charge is -1.82.